The first-order chi connectivity index (χ1) is 10.9. The van der Waals surface area contributed by atoms with Crippen LogP contribution in [0.25, 0.3) is 0 Å². The van der Waals surface area contributed by atoms with Crippen molar-refractivity contribution in [2.24, 2.45) is 5.92 Å². The molecular formula is C18H25NO4. The third-order valence-corrected chi connectivity index (χ3v) is 4.10. The molecule has 0 heterocycles. The maximum atomic E-state index is 12.4. The molecule has 1 saturated carbocycles. The molecule has 0 radical (unpaired) electrons. The van der Waals surface area contributed by atoms with Gasteiger partial charge in [-0.3, -0.25) is 9.59 Å². The molecule has 0 bridgehead atoms. The first-order valence-electron chi connectivity index (χ1n) is 8.11. The third-order valence-electron chi connectivity index (χ3n) is 4.10. The van der Waals surface area contributed by atoms with Gasteiger partial charge >= 0.3 is 5.97 Å². The molecule has 23 heavy (non-hydrogen) atoms. The Bertz CT molecular complexity index is 580. The Morgan fingerprint density at radius 3 is 2.61 bits per heavy atom. The first-order valence-corrected chi connectivity index (χ1v) is 8.11. The topological polar surface area (TPSA) is 66.8 Å². The molecule has 1 atom stereocenters. The van der Waals surface area contributed by atoms with Gasteiger partial charge in [0.05, 0.1) is 18.9 Å². The summed E-state index contributed by atoms with van der Waals surface area (Å²) >= 11 is 0. The predicted octanol–water partition coefficient (Wildman–Crippen LogP) is 2.78. The number of rotatable bonds is 8. The lowest BCUT2D eigenvalue weighted by Gasteiger charge is -2.24. The summed E-state index contributed by atoms with van der Waals surface area (Å²) in [7, 11) is 0. The number of amides is 1. The first kappa shape index (κ1) is 17.3. The molecular weight excluding hydrogens is 294 g/mol. The molecule has 1 aromatic rings. The van der Waals surface area contributed by atoms with Gasteiger partial charge in [0.2, 0.25) is 5.91 Å². The molecule has 1 N–H and O–H groups in total. The number of carbonyl (C=O) groups is 2. The van der Waals surface area contributed by atoms with Crippen molar-refractivity contribution < 1.29 is 19.4 Å². The van der Waals surface area contributed by atoms with Crippen LogP contribution in [-0.2, 0) is 9.59 Å². The van der Waals surface area contributed by atoms with E-state index in [0.29, 0.717) is 6.61 Å². The average molecular weight is 319 g/mol. The number of aliphatic carboxylic acids is 1. The van der Waals surface area contributed by atoms with Crippen molar-refractivity contribution >= 4 is 11.9 Å². The van der Waals surface area contributed by atoms with E-state index < -0.39 is 11.9 Å². The van der Waals surface area contributed by atoms with Crippen LogP contribution in [0.3, 0.4) is 0 Å². The van der Waals surface area contributed by atoms with E-state index in [1.807, 2.05) is 32.0 Å². The standard InChI is InChI=1S/C18H25NO4/c1-12-4-7-16(13(2)10-12)23-9-8-17(20)19(15-5-6-15)11-14(3)18(21)22/h4,7,10,14-15H,5-6,8-9,11H2,1-3H3,(H,21,22). The van der Waals surface area contributed by atoms with Crippen LogP contribution < -0.4 is 4.74 Å². The van der Waals surface area contributed by atoms with E-state index in [1.54, 1.807) is 11.8 Å². The summed E-state index contributed by atoms with van der Waals surface area (Å²) in [5.41, 5.74) is 2.23. The summed E-state index contributed by atoms with van der Waals surface area (Å²) in [6.45, 7) is 6.24. The maximum Gasteiger partial charge on any atom is 0.308 e. The molecule has 1 unspecified atom stereocenters. The van der Waals surface area contributed by atoms with Crippen LogP contribution in [0, 0.1) is 19.8 Å². The average Bonchev–Trinajstić information content (AvgIpc) is 3.31. The lowest BCUT2D eigenvalue weighted by atomic mass is 10.1. The zero-order valence-corrected chi connectivity index (χ0v) is 14.0. The summed E-state index contributed by atoms with van der Waals surface area (Å²) in [6.07, 6.45) is 2.21. The second-order valence-electron chi connectivity index (χ2n) is 6.38. The highest BCUT2D eigenvalue weighted by Gasteiger charge is 2.34. The van der Waals surface area contributed by atoms with Crippen molar-refractivity contribution in [1.82, 2.24) is 4.90 Å². The molecule has 0 aromatic heterocycles. The van der Waals surface area contributed by atoms with Crippen LogP contribution in [0.15, 0.2) is 18.2 Å². The van der Waals surface area contributed by atoms with E-state index in [2.05, 4.69) is 0 Å². The van der Waals surface area contributed by atoms with Crippen molar-refractivity contribution in [1.29, 1.82) is 0 Å². The van der Waals surface area contributed by atoms with Crippen LogP contribution in [0.1, 0.15) is 37.3 Å². The normalized spacial score (nSPS) is 15.1. The largest absolute Gasteiger partial charge is 0.493 e. The number of ether oxygens (including phenoxy) is 1. The fraction of sp³-hybridized carbons (Fsp3) is 0.556. The number of benzene rings is 1. The minimum Gasteiger partial charge on any atom is -0.493 e. The highest BCUT2D eigenvalue weighted by molar-refractivity contribution is 5.78. The van der Waals surface area contributed by atoms with Gasteiger partial charge in [-0.1, -0.05) is 24.6 Å². The van der Waals surface area contributed by atoms with Gasteiger partial charge in [0.25, 0.3) is 0 Å². The van der Waals surface area contributed by atoms with Crippen LogP contribution in [0.5, 0.6) is 5.75 Å². The minimum absolute atomic E-state index is 0.0228. The van der Waals surface area contributed by atoms with E-state index in [1.165, 1.54) is 5.56 Å². The van der Waals surface area contributed by atoms with Crippen molar-refractivity contribution in [2.45, 2.75) is 46.1 Å². The number of aryl methyl sites for hydroxylation is 2. The number of carboxylic acids is 1. The van der Waals surface area contributed by atoms with Gasteiger partial charge < -0.3 is 14.7 Å². The molecule has 5 heteroatoms. The van der Waals surface area contributed by atoms with Crippen LogP contribution >= 0.6 is 0 Å². The van der Waals surface area contributed by atoms with E-state index in [9.17, 15) is 9.59 Å². The van der Waals surface area contributed by atoms with E-state index in [-0.39, 0.29) is 24.9 Å². The number of hydrogen-bond acceptors (Lipinski definition) is 3. The van der Waals surface area contributed by atoms with Gasteiger partial charge in [0.15, 0.2) is 0 Å². The van der Waals surface area contributed by atoms with E-state index >= 15 is 0 Å². The fourth-order valence-corrected chi connectivity index (χ4v) is 2.57. The summed E-state index contributed by atoms with van der Waals surface area (Å²) in [4.78, 5) is 25.1. The number of hydrogen-bond donors (Lipinski definition) is 1. The Balaban J connectivity index is 1.85. The van der Waals surface area contributed by atoms with Crippen LogP contribution in [-0.4, -0.2) is 41.1 Å². The van der Waals surface area contributed by atoms with Gasteiger partial charge in [-0.05, 0) is 38.3 Å². The third kappa shape index (κ3) is 4.98. The van der Waals surface area contributed by atoms with Gasteiger partial charge in [-0.25, -0.2) is 0 Å². The van der Waals surface area contributed by atoms with Gasteiger partial charge in [0, 0.05) is 12.6 Å². The highest BCUT2D eigenvalue weighted by Crippen LogP contribution is 2.28. The zero-order valence-electron chi connectivity index (χ0n) is 14.0. The minimum atomic E-state index is -0.866. The molecule has 1 aromatic carbocycles. The van der Waals surface area contributed by atoms with Crippen molar-refractivity contribution in [3.63, 3.8) is 0 Å². The number of carbonyl (C=O) groups excluding carboxylic acids is 1. The van der Waals surface area contributed by atoms with Gasteiger partial charge in [0.1, 0.15) is 5.75 Å². The van der Waals surface area contributed by atoms with Crippen molar-refractivity contribution in [2.75, 3.05) is 13.2 Å². The summed E-state index contributed by atoms with van der Waals surface area (Å²) in [5.74, 6) is -0.638. The second-order valence-corrected chi connectivity index (χ2v) is 6.38. The Kier molecular flexibility index (Phi) is 5.64. The monoisotopic (exact) mass is 319 g/mol. The van der Waals surface area contributed by atoms with Crippen LogP contribution in [0.2, 0.25) is 0 Å². The van der Waals surface area contributed by atoms with E-state index in [0.717, 1.165) is 24.2 Å². The van der Waals surface area contributed by atoms with Crippen LogP contribution in [0.4, 0.5) is 0 Å². The maximum absolute atomic E-state index is 12.4. The smallest absolute Gasteiger partial charge is 0.308 e. The zero-order chi connectivity index (χ0) is 17.0. The molecule has 1 aliphatic rings. The highest BCUT2D eigenvalue weighted by atomic mass is 16.5. The van der Waals surface area contributed by atoms with Crippen molar-refractivity contribution in [3.05, 3.63) is 29.3 Å². The van der Waals surface area contributed by atoms with E-state index in [4.69, 9.17) is 9.84 Å². The molecule has 5 nitrogen and oxygen atoms in total. The Morgan fingerprint density at radius 2 is 2.04 bits per heavy atom. The summed E-state index contributed by atoms with van der Waals surface area (Å²) in [5, 5.41) is 9.03. The molecule has 0 aliphatic heterocycles. The van der Waals surface area contributed by atoms with Gasteiger partial charge in [-0.2, -0.15) is 0 Å². The SMILES string of the molecule is Cc1ccc(OCCC(=O)N(CC(C)C(=O)O)C2CC2)c(C)c1. The number of carboxylic acid groups (broad SMARTS) is 1. The second kappa shape index (κ2) is 7.49. The molecule has 126 valence electrons. The predicted molar refractivity (Wildman–Crippen MR) is 87.6 cm³/mol. The summed E-state index contributed by atoms with van der Waals surface area (Å²) < 4.78 is 5.70. The lowest BCUT2D eigenvalue weighted by molar-refractivity contribution is -0.143. The fourth-order valence-electron chi connectivity index (χ4n) is 2.57. The molecule has 2 rings (SSSR count). The Hall–Kier alpha value is -2.04. The quantitative estimate of drug-likeness (QED) is 0.800. The lowest BCUT2D eigenvalue weighted by Crippen LogP contribution is -2.39. The summed E-state index contributed by atoms with van der Waals surface area (Å²) in [6, 6.07) is 6.16. The molecule has 1 fully saturated rings. The Morgan fingerprint density at radius 1 is 1.35 bits per heavy atom. The van der Waals surface area contributed by atoms with Gasteiger partial charge in [-0.15, -0.1) is 0 Å². The molecule has 1 amide bonds. The molecule has 1 aliphatic carbocycles. The van der Waals surface area contributed by atoms with Crippen molar-refractivity contribution in [3.8, 4) is 5.75 Å². The number of nitrogens with zero attached hydrogens (tertiary/aromatic N) is 1. The molecule has 0 spiro atoms. The Labute approximate surface area is 137 Å². The molecule has 0 saturated heterocycles.